The fourth-order valence-electron chi connectivity index (χ4n) is 10.4. The summed E-state index contributed by atoms with van der Waals surface area (Å²) in [6, 6.07) is 30.9. The molecule has 13 nitrogen and oxygen atoms in total. The lowest BCUT2D eigenvalue weighted by molar-refractivity contribution is -0.384. The van der Waals surface area contributed by atoms with Crippen molar-refractivity contribution >= 4 is 28.3 Å². The highest BCUT2D eigenvalue weighted by Crippen LogP contribution is 2.62. The van der Waals surface area contributed by atoms with Crippen LogP contribution in [-0.4, -0.2) is 70.1 Å². The molecule has 0 spiro atoms. The van der Waals surface area contributed by atoms with E-state index in [2.05, 4.69) is 25.3 Å². The average Bonchev–Trinajstić information content (AvgIpc) is 3.37. The van der Waals surface area contributed by atoms with Crippen LogP contribution in [0.3, 0.4) is 0 Å². The summed E-state index contributed by atoms with van der Waals surface area (Å²) in [7, 11) is 0. The van der Waals surface area contributed by atoms with Gasteiger partial charge in [0.25, 0.3) is 5.69 Å². The summed E-state index contributed by atoms with van der Waals surface area (Å²) in [4.78, 5) is 33.5. The maximum absolute atomic E-state index is 14.8. The van der Waals surface area contributed by atoms with Crippen molar-refractivity contribution in [2.45, 2.75) is 82.3 Å². The van der Waals surface area contributed by atoms with Crippen LogP contribution in [0.15, 0.2) is 151 Å². The zero-order chi connectivity index (χ0) is 49.0. The Kier molecular flexibility index (Phi) is 16.4. The third-order valence-corrected chi connectivity index (χ3v) is 13.6. The van der Waals surface area contributed by atoms with Gasteiger partial charge in [0, 0.05) is 49.8 Å². The van der Waals surface area contributed by atoms with Gasteiger partial charge in [-0.15, -0.1) is 13.2 Å². The number of non-ortho nitro benzene ring substituents is 1. The van der Waals surface area contributed by atoms with E-state index in [4.69, 9.17) is 28.9 Å². The Balaban J connectivity index is 1.32. The second-order valence-electron chi connectivity index (χ2n) is 18.0. The predicted molar refractivity (Wildman–Crippen MR) is 265 cm³/mol. The van der Waals surface area contributed by atoms with Gasteiger partial charge in [0.1, 0.15) is 35.7 Å². The molecule has 0 aromatic heterocycles. The number of allylic oxidation sites excluding steroid dienone is 1. The van der Waals surface area contributed by atoms with Crippen molar-refractivity contribution in [2.24, 2.45) is 22.9 Å². The molecule has 0 bridgehead atoms. The molecule has 0 saturated heterocycles. The van der Waals surface area contributed by atoms with Crippen molar-refractivity contribution in [2.75, 3.05) is 26.4 Å². The normalized spacial score (nSPS) is 21.7. The van der Waals surface area contributed by atoms with Crippen molar-refractivity contribution in [1.29, 1.82) is 0 Å². The second kappa shape index (κ2) is 23.2. The summed E-state index contributed by atoms with van der Waals surface area (Å²) in [6.45, 7) is 7.99. The number of fused-ring (bicyclic) bond motifs is 3. The zero-order valence-corrected chi connectivity index (χ0v) is 39.2. The van der Waals surface area contributed by atoms with Crippen molar-refractivity contribution in [3.8, 4) is 17.2 Å². The maximum Gasteiger partial charge on any atom is 0.410 e. The molecule has 0 radical (unpaired) electrons. The third-order valence-electron chi connectivity index (χ3n) is 13.6. The van der Waals surface area contributed by atoms with Gasteiger partial charge < -0.3 is 34.0 Å². The lowest BCUT2D eigenvalue weighted by atomic mass is 9.55. The Hall–Kier alpha value is -6.87. The second-order valence-corrected chi connectivity index (χ2v) is 18.0. The molecule has 8 rings (SSSR count). The number of carbonyl (C=O) groups excluding carboxylic acids is 1. The van der Waals surface area contributed by atoms with Crippen LogP contribution < -0.4 is 9.47 Å². The van der Waals surface area contributed by atoms with Crippen LogP contribution in [0.5, 0.6) is 17.2 Å². The van der Waals surface area contributed by atoms with Crippen LogP contribution in [0.25, 0.3) is 10.8 Å². The monoisotopic (exact) mass is 953 g/mol. The number of nitrogens with zero attached hydrogens (tertiary/aromatic N) is 3. The van der Waals surface area contributed by atoms with Gasteiger partial charge in [0.2, 0.25) is 5.79 Å². The number of hydrogen-bond donors (Lipinski definition) is 2. The molecule has 3 aliphatic rings. The zero-order valence-electron chi connectivity index (χ0n) is 39.2. The van der Waals surface area contributed by atoms with Crippen molar-refractivity contribution < 1.29 is 48.1 Å². The summed E-state index contributed by atoms with van der Waals surface area (Å²) in [5.41, 5.74) is 3.47. The van der Waals surface area contributed by atoms with E-state index >= 15 is 0 Å². The Morgan fingerprint density at radius 3 is 2.33 bits per heavy atom. The summed E-state index contributed by atoms with van der Waals surface area (Å²) < 4.78 is 41.5. The number of hydrogen-bond acceptors (Lipinski definition) is 11. The highest BCUT2D eigenvalue weighted by atomic mass is 19.1. The number of unbranched alkanes of at least 4 members (excludes halogenated alkanes) is 2. The van der Waals surface area contributed by atoms with E-state index in [1.54, 1.807) is 41.3 Å². The highest BCUT2D eigenvalue weighted by Gasteiger charge is 2.65. The number of rotatable bonds is 23. The van der Waals surface area contributed by atoms with Gasteiger partial charge in [-0.1, -0.05) is 78.7 Å². The topological polar surface area (TPSA) is 162 Å². The molecule has 2 aliphatic carbocycles. The average molecular weight is 954 g/mol. The van der Waals surface area contributed by atoms with Gasteiger partial charge >= 0.3 is 6.09 Å². The van der Waals surface area contributed by atoms with E-state index in [1.165, 1.54) is 24.3 Å². The Labute approximate surface area is 407 Å². The highest BCUT2D eigenvalue weighted by molar-refractivity contribution is 6.03. The number of ether oxygens (including phenoxy) is 4. The molecule has 1 amide bonds. The Bertz CT molecular complexity index is 2690. The molecule has 1 heterocycles. The van der Waals surface area contributed by atoms with Crippen LogP contribution in [0.4, 0.5) is 14.9 Å². The minimum Gasteiger partial charge on any atom is -0.459 e. The van der Waals surface area contributed by atoms with Gasteiger partial charge in [-0.3, -0.25) is 15.0 Å². The largest absolute Gasteiger partial charge is 0.459 e. The lowest BCUT2D eigenvalue weighted by Gasteiger charge is -2.59. The molecule has 1 fully saturated rings. The molecule has 2 N–H and O–H groups in total. The number of aliphatic hydroxyl groups is 2. The number of oxime groups is 1. The van der Waals surface area contributed by atoms with Crippen molar-refractivity contribution in [3.63, 3.8) is 0 Å². The Morgan fingerprint density at radius 1 is 0.886 bits per heavy atom. The molecule has 5 aromatic carbocycles. The number of carbonyl (C=O) groups is 1. The van der Waals surface area contributed by atoms with E-state index in [0.29, 0.717) is 53.3 Å². The van der Waals surface area contributed by atoms with E-state index in [9.17, 15) is 29.5 Å². The fraction of sp³-hybridized carbons (Fsp3) is 0.357. The van der Waals surface area contributed by atoms with E-state index < -0.39 is 34.6 Å². The first-order valence-electron chi connectivity index (χ1n) is 24.1. The SMILES string of the molecule is C=CCCOC(=O)N(Cc1ccc(F)cc1)[C@H]1CC(=NOCc2ccc([N+](=O)[O-])cc2)C2=C[C@H](CCCCO)[C@@H](CCCCO)[C@@H]3c4cc(Oc5ccc6ccccc6c5)ccc4O[C@@]1(OCC=C)[C@H]23. The van der Waals surface area contributed by atoms with E-state index in [-0.39, 0.29) is 69.4 Å². The molecule has 1 aliphatic heterocycles. The van der Waals surface area contributed by atoms with Crippen LogP contribution in [0.1, 0.15) is 74.0 Å². The van der Waals surface area contributed by atoms with Gasteiger partial charge in [0.15, 0.2) is 0 Å². The maximum atomic E-state index is 14.8. The third kappa shape index (κ3) is 11.1. The molecule has 14 heteroatoms. The molecule has 6 atom stereocenters. The summed E-state index contributed by atoms with van der Waals surface area (Å²) in [6.07, 6.45) is 9.52. The standard InChI is InChI=1S/C56H60FN3O10/c1-3-5-31-66-55(63)59(36-38-16-21-43(57)22-17-38)52-35-50(58-68-37-39-18-23-44(24-19-39)60(64)65)48-33-42(14-8-10-28-61)47(15-9-11-29-62)53-49-34-46(69-45-25-20-40-12-6-7-13-41(40)32-45)26-27-51(49)70-56(52,54(48)53)67-30-4-2/h3-4,6-7,12-13,16-27,32-34,42,47,52-54,61-62H,1-2,5,8-11,14-15,28-31,35-37H2/t42-,47+,52-,53+,54+,56+/m0/s1. The van der Waals surface area contributed by atoms with Crippen molar-refractivity contribution in [3.05, 3.63) is 179 Å². The van der Waals surface area contributed by atoms with Crippen LogP contribution in [0, 0.1) is 33.7 Å². The van der Waals surface area contributed by atoms with E-state index in [1.807, 2.05) is 54.6 Å². The predicted octanol–water partition coefficient (Wildman–Crippen LogP) is 11.7. The molecule has 1 saturated carbocycles. The first-order valence-corrected chi connectivity index (χ1v) is 24.1. The first kappa shape index (κ1) is 49.5. The number of amides is 1. The number of benzene rings is 5. The first-order chi connectivity index (χ1) is 34.2. The molecule has 366 valence electrons. The minimum absolute atomic E-state index is 0.00690. The molecular formula is C56H60FN3O10. The number of nitro groups is 1. The van der Waals surface area contributed by atoms with Gasteiger partial charge in [-0.2, -0.15) is 0 Å². The Morgan fingerprint density at radius 2 is 1.60 bits per heavy atom. The van der Waals surface area contributed by atoms with Crippen molar-refractivity contribution in [1.82, 2.24) is 4.90 Å². The van der Waals surface area contributed by atoms with E-state index in [0.717, 1.165) is 47.6 Å². The molecule has 70 heavy (non-hydrogen) atoms. The molecular weight excluding hydrogens is 894 g/mol. The quantitative estimate of drug-likeness (QED) is 0.0279. The number of aliphatic hydroxyl groups excluding tert-OH is 2. The number of nitro benzene ring substituents is 1. The van der Waals surface area contributed by atoms with Crippen LogP contribution in [-0.2, 0) is 27.5 Å². The smallest absolute Gasteiger partial charge is 0.410 e. The van der Waals surface area contributed by atoms with Crippen LogP contribution >= 0.6 is 0 Å². The van der Waals surface area contributed by atoms with Gasteiger partial charge in [-0.25, -0.2) is 9.18 Å². The lowest BCUT2D eigenvalue weighted by Crippen LogP contribution is -2.70. The fourth-order valence-corrected chi connectivity index (χ4v) is 10.4. The van der Waals surface area contributed by atoms with Gasteiger partial charge in [-0.05, 0) is 126 Å². The summed E-state index contributed by atoms with van der Waals surface area (Å²) >= 11 is 0. The summed E-state index contributed by atoms with van der Waals surface area (Å²) in [5, 5.41) is 38.5. The minimum atomic E-state index is -1.60. The summed E-state index contributed by atoms with van der Waals surface area (Å²) in [5.74, 6) is -1.31. The van der Waals surface area contributed by atoms with Gasteiger partial charge in [0.05, 0.1) is 29.8 Å². The van der Waals surface area contributed by atoms with Crippen LogP contribution in [0.2, 0.25) is 0 Å². The number of halogens is 1. The molecule has 5 aromatic rings. The molecule has 0 unspecified atom stereocenters.